The first kappa shape index (κ1) is 14.8. The molecule has 2 saturated heterocycles. The van der Waals surface area contributed by atoms with Crippen LogP contribution in [-0.2, 0) is 0 Å². The normalized spacial score (nSPS) is 23.0. The van der Waals surface area contributed by atoms with Gasteiger partial charge in [0, 0.05) is 32.2 Å². The molecule has 0 bridgehead atoms. The molecule has 21 heavy (non-hydrogen) atoms. The summed E-state index contributed by atoms with van der Waals surface area (Å²) >= 11 is 0. The van der Waals surface area contributed by atoms with E-state index >= 15 is 0 Å². The summed E-state index contributed by atoms with van der Waals surface area (Å²) in [6.07, 6.45) is 2.68. The minimum absolute atomic E-state index is 0.486. The molecule has 1 atom stereocenters. The van der Waals surface area contributed by atoms with Crippen LogP contribution in [0.1, 0.15) is 12.8 Å². The van der Waals surface area contributed by atoms with E-state index in [9.17, 15) is 0 Å². The number of ether oxygens (including phenoxy) is 1. The lowest BCUT2D eigenvalue weighted by molar-refractivity contribution is 0.0923. The van der Waals surface area contributed by atoms with E-state index < -0.39 is 7.12 Å². The van der Waals surface area contributed by atoms with Crippen LogP contribution in [0.4, 0.5) is 0 Å². The summed E-state index contributed by atoms with van der Waals surface area (Å²) in [5.74, 6) is 0.777. The number of benzene rings is 1. The first-order valence-corrected chi connectivity index (χ1v) is 7.78. The molecule has 114 valence electrons. The Bertz CT molecular complexity index is 455. The fourth-order valence-corrected chi connectivity index (χ4v) is 3.29. The van der Waals surface area contributed by atoms with Crippen LogP contribution in [0.25, 0.3) is 0 Å². The second-order valence-corrected chi connectivity index (χ2v) is 5.92. The van der Waals surface area contributed by atoms with Gasteiger partial charge in [0.05, 0.1) is 0 Å². The predicted octanol–water partition coefficient (Wildman–Crippen LogP) is -0.475. The van der Waals surface area contributed by atoms with Gasteiger partial charge in [-0.3, -0.25) is 9.80 Å². The molecule has 0 spiro atoms. The molecular formula is C15H23BN2O3. The Morgan fingerprint density at radius 2 is 1.95 bits per heavy atom. The molecule has 0 saturated carbocycles. The van der Waals surface area contributed by atoms with E-state index in [1.807, 2.05) is 0 Å². The third-order valence-electron chi connectivity index (χ3n) is 4.53. The molecule has 5 nitrogen and oxygen atoms in total. The van der Waals surface area contributed by atoms with Crippen molar-refractivity contribution in [2.24, 2.45) is 0 Å². The van der Waals surface area contributed by atoms with Gasteiger partial charge in [-0.2, -0.15) is 0 Å². The minimum atomic E-state index is -1.42. The number of hydrogen-bond acceptors (Lipinski definition) is 5. The summed E-state index contributed by atoms with van der Waals surface area (Å²) < 4.78 is 5.74. The zero-order valence-corrected chi connectivity index (χ0v) is 12.3. The number of piperazine rings is 1. The van der Waals surface area contributed by atoms with Crippen molar-refractivity contribution < 1.29 is 14.8 Å². The van der Waals surface area contributed by atoms with Crippen molar-refractivity contribution >= 4 is 12.6 Å². The maximum absolute atomic E-state index is 9.04. The monoisotopic (exact) mass is 290 g/mol. The van der Waals surface area contributed by atoms with Gasteiger partial charge in [-0.15, -0.1) is 0 Å². The second-order valence-electron chi connectivity index (χ2n) is 5.92. The van der Waals surface area contributed by atoms with Gasteiger partial charge in [-0.25, -0.2) is 0 Å². The topological polar surface area (TPSA) is 56.2 Å². The number of fused-ring (bicyclic) bond motifs is 1. The quantitative estimate of drug-likeness (QED) is 0.718. The van der Waals surface area contributed by atoms with Crippen molar-refractivity contribution in [2.45, 2.75) is 18.9 Å². The molecule has 2 fully saturated rings. The highest BCUT2D eigenvalue weighted by Crippen LogP contribution is 2.21. The predicted molar refractivity (Wildman–Crippen MR) is 82.8 cm³/mol. The average molecular weight is 290 g/mol. The van der Waals surface area contributed by atoms with Gasteiger partial charge in [0.25, 0.3) is 0 Å². The van der Waals surface area contributed by atoms with E-state index in [-0.39, 0.29) is 0 Å². The van der Waals surface area contributed by atoms with Crippen LogP contribution in [0.15, 0.2) is 24.3 Å². The molecule has 1 unspecified atom stereocenters. The summed E-state index contributed by atoms with van der Waals surface area (Å²) in [4.78, 5) is 5.09. The van der Waals surface area contributed by atoms with Crippen LogP contribution in [0.2, 0.25) is 0 Å². The highest BCUT2D eigenvalue weighted by atomic mass is 16.5. The van der Waals surface area contributed by atoms with Crippen LogP contribution in [0.5, 0.6) is 5.75 Å². The first-order chi connectivity index (χ1) is 10.2. The van der Waals surface area contributed by atoms with Gasteiger partial charge in [0.1, 0.15) is 12.4 Å². The summed E-state index contributed by atoms with van der Waals surface area (Å²) in [5.41, 5.74) is 0.486. The van der Waals surface area contributed by atoms with E-state index in [4.69, 9.17) is 14.8 Å². The summed E-state index contributed by atoms with van der Waals surface area (Å²) in [7, 11) is -1.42. The van der Waals surface area contributed by atoms with E-state index in [1.54, 1.807) is 24.3 Å². The lowest BCUT2D eigenvalue weighted by Gasteiger charge is -2.37. The Morgan fingerprint density at radius 1 is 1.14 bits per heavy atom. The number of nitrogens with zero attached hydrogens (tertiary/aromatic N) is 2. The fourth-order valence-electron chi connectivity index (χ4n) is 3.29. The molecule has 1 aromatic rings. The third kappa shape index (κ3) is 3.77. The Morgan fingerprint density at radius 3 is 2.71 bits per heavy atom. The van der Waals surface area contributed by atoms with Gasteiger partial charge in [0.15, 0.2) is 0 Å². The van der Waals surface area contributed by atoms with Crippen molar-refractivity contribution in [3.8, 4) is 5.75 Å². The molecule has 2 aliphatic rings. The zero-order chi connectivity index (χ0) is 14.7. The van der Waals surface area contributed by atoms with Crippen molar-refractivity contribution in [3.05, 3.63) is 24.3 Å². The van der Waals surface area contributed by atoms with Crippen LogP contribution in [0.3, 0.4) is 0 Å². The second kappa shape index (κ2) is 6.79. The highest BCUT2D eigenvalue weighted by Gasteiger charge is 2.30. The van der Waals surface area contributed by atoms with Crippen LogP contribution < -0.4 is 10.2 Å². The Hall–Kier alpha value is -1.08. The third-order valence-corrected chi connectivity index (χ3v) is 4.53. The molecule has 6 heteroatoms. The maximum Gasteiger partial charge on any atom is 0.488 e. The fraction of sp³-hybridized carbons (Fsp3) is 0.600. The molecule has 2 aliphatic heterocycles. The van der Waals surface area contributed by atoms with Gasteiger partial charge >= 0.3 is 7.12 Å². The maximum atomic E-state index is 9.04. The van der Waals surface area contributed by atoms with E-state index in [0.717, 1.165) is 24.9 Å². The first-order valence-electron chi connectivity index (χ1n) is 7.78. The molecular weight excluding hydrogens is 267 g/mol. The molecule has 0 aromatic heterocycles. The molecule has 0 radical (unpaired) electrons. The van der Waals surface area contributed by atoms with E-state index in [0.29, 0.717) is 12.1 Å². The smallest absolute Gasteiger partial charge is 0.488 e. The Balaban J connectivity index is 1.41. The van der Waals surface area contributed by atoms with Crippen LogP contribution in [-0.4, -0.2) is 72.3 Å². The Kier molecular flexibility index (Phi) is 4.80. The minimum Gasteiger partial charge on any atom is -0.492 e. The van der Waals surface area contributed by atoms with Gasteiger partial charge in [-0.1, -0.05) is 12.1 Å². The number of rotatable bonds is 5. The zero-order valence-electron chi connectivity index (χ0n) is 12.3. The summed E-state index contributed by atoms with van der Waals surface area (Å²) in [6, 6.07) is 7.67. The van der Waals surface area contributed by atoms with Gasteiger partial charge < -0.3 is 14.8 Å². The summed E-state index contributed by atoms with van der Waals surface area (Å²) in [6.45, 7) is 6.39. The largest absolute Gasteiger partial charge is 0.492 e. The van der Waals surface area contributed by atoms with Crippen molar-refractivity contribution in [2.75, 3.05) is 39.3 Å². The van der Waals surface area contributed by atoms with Gasteiger partial charge in [-0.05, 0) is 37.0 Å². The molecule has 0 aliphatic carbocycles. The molecule has 1 aromatic carbocycles. The van der Waals surface area contributed by atoms with Crippen LogP contribution in [0, 0.1) is 0 Å². The molecule has 0 amide bonds. The lowest BCUT2D eigenvalue weighted by Crippen LogP contribution is -2.50. The van der Waals surface area contributed by atoms with Crippen molar-refractivity contribution in [3.63, 3.8) is 0 Å². The molecule has 2 N–H and O–H groups in total. The molecule has 2 heterocycles. The van der Waals surface area contributed by atoms with Crippen molar-refractivity contribution in [1.82, 2.24) is 9.80 Å². The van der Waals surface area contributed by atoms with Crippen LogP contribution >= 0.6 is 0 Å². The standard InChI is InChI=1S/C15H23BN2O3/c19-16(20)13-3-5-15(6-4-13)21-11-10-17-8-9-18-7-1-2-14(18)12-17/h3-6,14,19-20H,1-2,7-12H2. The Labute approximate surface area is 126 Å². The highest BCUT2D eigenvalue weighted by molar-refractivity contribution is 6.58. The number of hydrogen-bond donors (Lipinski definition) is 2. The van der Waals surface area contributed by atoms with E-state index in [2.05, 4.69) is 9.80 Å². The summed E-state index contributed by atoms with van der Waals surface area (Å²) in [5, 5.41) is 18.1. The van der Waals surface area contributed by atoms with Gasteiger partial charge in [0.2, 0.25) is 0 Å². The van der Waals surface area contributed by atoms with Crippen molar-refractivity contribution in [1.29, 1.82) is 0 Å². The van der Waals surface area contributed by atoms with E-state index in [1.165, 1.54) is 32.5 Å². The molecule has 3 rings (SSSR count). The average Bonchev–Trinajstić information content (AvgIpc) is 2.95. The SMILES string of the molecule is OB(O)c1ccc(OCCN2CCN3CCCC3C2)cc1. The lowest BCUT2D eigenvalue weighted by atomic mass is 9.80.